The van der Waals surface area contributed by atoms with Crippen LogP contribution in [-0.2, 0) is 27.2 Å². The number of halogens is 3. The van der Waals surface area contributed by atoms with Crippen LogP contribution in [0.1, 0.15) is 37.8 Å². The van der Waals surface area contributed by atoms with E-state index < -0.39 is 30.1 Å². The highest BCUT2D eigenvalue weighted by atomic mass is 19.4. The fourth-order valence-corrected chi connectivity index (χ4v) is 4.10. The zero-order chi connectivity index (χ0) is 26.3. The second-order valence-corrected chi connectivity index (χ2v) is 9.01. The minimum absolute atomic E-state index is 0.162. The summed E-state index contributed by atoms with van der Waals surface area (Å²) < 4.78 is 39.0. The first kappa shape index (κ1) is 27.0. The van der Waals surface area contributed by atoms with E-state index in [9.17, 15) is 27.6 Å². The van der Waals surface area contributed by atoms with Gasteiger partial charge in [-0.05, 0) is 50.3 Å². The molecule has 9 heteroatoms. The summed E-state index contributed by atoms with van der Waals surface area (Å²) in [6.45, 7) is 4.16. The Morgan fingerprint density at radius 3 is 2.31 bits per heavy atom. The summed E-state index contributed by atoms with van der Waals surface area (Å²) in [5, 5.41) is 4.41. The van der Waals surface area contributed by atoms with Crippen LogP contribution in [0.3, 0.4) is 0 Å². The summed E-state index contributed by atoms with van der Waals surface area (Å²) in [7, 11) is 0. The maximum absolute atomic E-state index is 13.6. The number of hydrogen-bond donors (Lipinski definition) is 2. The highest BCUT2D eigenvalue weighted by Gasteiger charge is 2.41. The molecule has 0 aliphatic carbocycles. The number of fused-ring (bicyclic) bond motifs is 1. The van der Waals surface area contributed by atoms with Crippen LogP contribution in [0.5, 0.6) is 0 Å². The molecule has 2 aromatic carbocycles. The van der Waals surface area contributed by atoms with Crippen molar-refractivity contribution < 1.29 is 27.6 Å². The number of amides is 3. The van der Waals surface area contributed by atoms with Crippen molar-refractivity contribution in [3.8, 4) is 0 Å². The Morgan fingerprint density at radius 2 is 1.64 bits per heavy atom. The van der Waals surface area contributed by atoms with E-state index in [1.807, 2.05) is 38.1 Å². The number of carbonyl (C=O) groups is 3. The van der Waals surface area contributed by atoms with Crippen LogP contribution in [0.15, 0.2) is 66.2 Å². The van der Waals surface area contributed by atoms with Gasteiger partial charge >= 0.3 is 12.1 Å². The molecule has 0 fully saturated rings. The normalized spacial score (nSPS) is 14.8. The third-order valence-electron chi connectivity index (χ3n) is 5.91. The van der Waals surface area contributed by atoms with Crippen molar-refractivity contribution in [2.75, 3.05) is 11.4 Å². The molecule has 6 nitrogen and oxygen atoms in total. The van der Waals surface area contributed by atoms with Gasteiger partial charge in [0.15, 0.2) is 0 Å². The Kier molecular flexibility index (Phi) is 8.90. The molecule has 3 amide bonds. The number of para-hydroxylation sites is 1. The van der Waals surface area contributed by atoms with E-state index in [-0.39, 0.29) is 18.7 Å². The average Bonchev–Trinajstić information content (AvgIpc) is 2.85. The zero-order valence-corrected chi connectivity index (χ0v) is 20.3. The fourth-order valence-electron chi connectivity index (χ4n) is 4.10. The summed E-state index contributed by atoms with van der Waals surface area (Å²) in [4.78, 5) is 40.1. The molecule has 0 spiro atoms. The Balaban J connectivity index is 1.86. The fraction of sp³-hybridized carbons (Fsp3) is 0.370. The molecule has 0 unspecified atom stereocenters. The minimum Gasteiger partial charge on any atom is -0.342 e. The molecular weight excluding hydrogens is 471 g/mol. The second-order valence-electron chi connectivity index (χ2n) is 9.01. The summed E-state index contributed by atoms with van der Waals surface area (Å²) >= 11 is 0. The first-order chi connectivity index (χ1) is 17.1. The Bertz CT molecular complexity index is 1110. The predicted molar refractivity (Wildman–Crippen MR) is 131 cm³/mol. The molecule has 1 aliphatic rings. The van der Waals surface area contributed by atoms with Crippen LogP contribution in [0.25, 0.3) is 0 Å². The number of allylic oxidation sites excluding steroid dienone is 1. The zero-order valence-electron chi connectivity index (χ0n) is 20.3. The van der Waals surface area contributed by atoms with E-state index in [0.717, 1.165) is 29.7 Å². The Hall–Kier alpha value is -3.62. The van der Waals surface area contributed by atoms with Gasteiger partial charge in [0.1, 0.15) is 12.1 Å². The molecule has 0 bridgehead atoms. The average molecular weight is 502 g/mol. The third-order valence-corrected chi connectivity index (χ3v) is 5.91. The number of rotatable bonds is 8. The molecule has 0 radical (unpaired) electrons. The van der Waals surface area contributed by atoms with Crippen molar-refractivity contribution in [3.63, 3.8) is 0 Å². The molecule has 192 valence electrons. The van der Waals surface area contributed by atoms with E-state index in [2.05, 4.69) is 5.32 Å². The van der Waals surface area contributed by atoms with Crippen LogP contribution < -0.4 is 15.5 Å². The number of aryl methyl sites for hydroxylation is 1. The van der Waals surface area contributed by atoms with Crippen LogP contribution >= 0.6 is 0 Å². The highest BCUT2D eigenvalue weighted by molar-refractivity contribution is 6.01. The lowest BCUT2D eigenvalue weighted by Crippen LogP contribution is -2.56. The van der Waals surface area contributed by atoms with Gasteiger partial charge in [0.2, 0.25) is 11.8 Å². The van der Waals surface area contributed by atoms with Crippen molar-refractivity contribution in [2.24, 2.45) is 0 Å². The molecule has 2 N–H and O–H groups in total. The van der Waals surface area contributed by atoms with Gasteiger partial charge in [-0.1, -0.05) is 60.2 Å². The van der Waals surface area contributed by atoms with Gasteiger partial charge in [0, 0.05) is 18.7 Å². The monoisotopic (exact) mass is 501 g/mol. The van der Waals surface area contributed by atoms with Crippen LogP contribution in [0.2, 0.25) is 0 Å². The van der Waals surface area contributed by atoms with E-state index in [0.29, 0.717) is 12.1 Å². The quantitative estimate of drug-likeness (QED) is 0.535. The van der Waals surface area contributed by atoms with Crippen molar-refractivity contribution in [1.29, 1.82) is 0 Å². The molecule has 0 aromatic heterocycles. The summed E-state index contributed by atoms with van der Waals surface area (Å²) in [5.41, 5.74) is 3.27. The SMILES string of the molecule is CC(C)=CC[C@@H](NC(=O)[C@H](Cc1ccccc1)NC(=O)C(F)(F)F)C(=O)N1CCCc2ccccc21. The van der Waals surface area contributed by atoms with E-state index in [4.69, 9.17) is 0 Å². The van der Waals surface area contributed by atoms with E-state index in [1.54, 1.807) is 46.6 Å². The first-order valence-corrected chi connectivity index (χ1v) is 11.8. The lowest BCUT2D eigenvalue weighted by molar-refractivity contribution is -0.174. The largest absolute Gasteiger partial charge is 0.471 e. The number of hydrogen-bond acceptors (Lipinski definition) is 3. The van der Waals surface area contributed by atoms with Gasteiger partial charge in [-0.25, -0.2) is 0 Å². The maximum atomic E-state index is 13.6. The first-order valence-electron chi connectivity index (χ1n) is 11.8. The minimum atomic E-state index is -5.15. The number of benzene rings is 2. The molecule has 1 aliphatic heterocycles. The number of nitrogens with zero attached hydrogens (tertiary/aromatic N) is 1. The van der Waals surface area contributed by atoms with Crippen molar-refractivity contribution >= 4 is 23.4 Å². The molecule has 0 saturated heterocycles. The topological polar surface area (TPSA) is 78.5 Å². The molecule has 3 rings (SSSR count). The molecule has 2 atom stereocenters. The van der Waals surface area contributed by atoms with Crippen molar-refractivity contribution in [1.82, 2.24) is 10.6 Å². The molecule has 36 heavy (non-hydrogen) atoms. The third kappa shape index (κ3) is 7.19. The van der Waals surface area contributed by atoms with Gasteiger partial charge in [-0.2, -0.15) is 13.2 Å². The molecule has 1 heterocycles. The molecular formula is C27H30F3N3O3. The van der Waals surface area contributed by atoms with Gasteiger partial charge < -0.3 is 15.5 Å². The smallest absolute Gasteiger partial charge is 0.342 e. The predicted octanol–water partition coefficient (Wildman–Crippen LogP) is 4.10. The summed E-state index contributed by atoms with van der Waals surface area (Å²) in [6.07, 6.45) is -1.78. The molecule has 2 aromatic rings. The number of carbonyl (C=O) groups excluding carboxylic acids is 3. The Morgan fingerprint density at radius 1 is 0.972 bits per heavy atom. The maximum Gasteiger partial charge on any atom is 0.471 e. The molecule has 0 saturated carbocycles. The lowest BCUT2D eigenvalue weighted by Gasteiger charge is -2.33. The number of nitrogens with one attached hydrogen (secondary N) is 2. The van der Waals surface area contributed by atoms with Gasteiger partial charge in [0.25, 0.3) is 0 Å². The van der Waals surface area contributed by atoms with Gasteiger partial charge in [-0.3, -0.25) is 14.4 Å². The van der Waals surface area contributed by atoms with E-state index in [1.165, 1.54) is 0 Å². The number of anilines is 1. The van der Waals surface area contributed by atoms with Crippen LogP contribution in [0.4, 0.5) is 18.9 Å². The van der Waals surface area contributed by atoms with Crippen molar-refractivity contribution in [2.45, 2.75) is 57.8 Å². The lowest BCUT2D eigenvalue weighted by atomic mass is 9.99. The van der Waals surface area contributed by atoms with Gasteiger partial charge in [-0.15, -0.1) is 0 Å². The van der Waals surface area contributed by atoms with Crippen LogP contribution in [0, 0.1) is 0 Å². The van der Waals surface area contributed by atoms with Gasteiger partial charge in [0.05, 0.1) is 0 Å². The standard InChI is InChI=1S/C27H30F3N3O3/c1-18(2)14-15-21(25(35)33-16-8-12-20-11-6-7-13-23(20)33)31-24(34)22(32-26(36)27(28,29)30)17-19-9-4-3-5-10-19/h3-7,9-11,13-14,21-22H,8,12,15-17H2,1-2H3,(H,31,34)(H,32,36)/t21-,22+/m1/s1. The Labute approximate surface area is 208 Å². The summed E-state index contributed by atoms with van der Waals surface area (Å²) in [5.74, 6) is -3.42. The summed E-state index contributed by atoms with van der Waals surface area (Å²) in [6, 6.07) is 13.4. The van der Waals surface area contributed by atoms with E-state index >= 15 is 0 Å². The second kappa shape index (κ2) is 11.9. The number of alkyl halides is 3. The van der Waals surface area contributed by atoms with Crippen molar-refractivity contribution in [3.05, 3.63) is 77.4 Å². The van der Waals surface area contributed by atoms with Crippen LogP contribution in [-0.4, -0.2) is 42.5 Å². The highest BCUT2D eigenvalue weighted by Crippen LogP contribution is 2.27.